The smallest absolute Gasteiger partial charge is 0.157 e. The molecule has 2 aromatic heterocycles. The maximum absolute atomic E-state index is 9.25. The van der Waals surface area contributed by atoms with Crippen LogP contribution >= 0.6 is 0 Å². The van der Waals surface area contributed by atoms with Crippen LogP contribution in [0.25, 0.3) is 28.2 Å². The van der Waals surface area contributed by atoms with E-state index in [2.05, 4.69) is 16.2 Å². The SMILES string of the molecule is N#Cc1cc(-c2ccccc2)n2nc(-c3ccccc3)cc2n1. The first-order chi connectivity index (χ1) is 11.3. The summed E-state index contributed by atoms with van der Waals surface area (Å²) in [6.07, 6.45) is 0. The molecule has 2 heterocycles. The minimum atomic E-state index is 0.385. The van der Waals surface area contributed by atoms with E-state index in [0.29, 0.717) is 11.3 Å². The average Bonchev–Trinajstić information content (AvgIpc) is 3.06. The van der Waals surface area contributed by atoms with E-state index in [1.807, 2.05) is 66.7 Å². The van der Waals surface area contributed by atoms with Crippen LogP contribution in [0.1, 0.15) is 5.69 Å². The lowest BCUT2D eigenvalue weighted by atomic mass is 10.1. The van der Waals surface area contributed by atoms with Gasteiger partial charge in [-0.15, -0.1) is 0 Å². The zero-order valence-electron chi connectivity index (χ0n) is 12.2. The third kappa shape index (κ3) is 2.34. The minimum Gasteiger partial charge on any atom is -0.218 e. The van der Waals surface area contributed by atoms with E-state index in [9.17, 15) is 5.26 Å². The summed E-state index contributed by atoms with van der Waals surface area (Å²) in [5.41, 5.74) is 4.77. The predicted octanol–water partition coefficient (Wildman–Crippen LogP) is 3.93. The molecule has 0 N–H and O–H groups in total. The molecular formula is C19H12N4. The highest BCUT2D eigenvalue weighted by Crippen LogP contribution is 2.24. The van der Waals surface area contributed by atoms with Crippen LogP contribution in [0.15, 0.2) is 72.8 Å². The van der Waals surface area contributed by atoms with Gasteiger partial charge in [0.2, 0.25) is 0 Å². The first-order valence-electron chi connectivity index (χ1n) is 7.27. The van der Waals surface area contributed by atoms with Crippen LogP contribution in [0.2, 0.25) is 0 Å². The molecule has 0 amide bonds. The summed E-state index contributed by atoms with van der Waals surface area (Å²) >= 11 is 0. The van der Waals surface area contributed by atoms with E-state index in [1.54, 1.807) is 10.6 Å². The first kappa shape index (κ1) is 13.2. The van der Waals surface area contributed by atoms with Gasteiger partial charge in [0.15, 0.2) is 5.65 Å². The zero-order chi connectivity index (χ0) is 15.6. The molecular weight excluding hydrogens is 284 g/mol. The number of hydrogen-bond donors (Lipinski definition) is 0. The van der Waals surface area contributed by atoms with Gasteiger partial charge < -0.3 is 0 Å². The highest BCUT2D eigenvalue weighted by molar-refractivity contribution is 5.69. The van der Waals surface area contributed by atoms with Gasteiger partial charge >= 0.3 is 0 Å². The predicted molar refractivity (Wildman–Crippen MR) is 88.6 cm³/mol. The van der Waals surface area contributed by atoms with Crippen LogP contribution < -0.4 is 0 Å². The molecule has 0 aliphatic heterocycles. The number of fused-ring (bicyclic) bond motifs is 1. The van der Waals surface area contributed by atoms with Crippen LogP contribution in [0, 0.1) is 11.3 Å². The summed E-state index contributed by atoms with van der Waals surface area (Å²) in [7, 11) is 0. The Bertz CT molecular complexity index is 1010. The van der Waals surface area contributed by atoms with Crippen LogP contribution in [-0.4, -0.2) is 14.6 Å². The molecule has 0 saturated carbocycles. The molecule has 0 radical (unpaired) electrons. The Balaban J connectivity index is 1.99. The quantitative estimate of drug-likeness (QED) is 0.563. The molecule has 0 saturated heterocycles. The summed E-state index contributed by atoms with van der Waals surface area (Å²) < 4.78 is 1.79. The zero-order valence-corrected chi connectivity index (χ0v) is 12.2. The van der Waals surface area contributed by atoms with Gasteiger partial charge in [-0.05, 0) is 0 Å². The Labute approximate surface area is 133 Å². The molecule has 4 rings (SSSR count). The fourth-order valence-electron chi connectivity index (χ4n) is 2.60. The lowest BCUT2D eigenvalue weighted by Gasteiger charge is -2.05. The van der Waals surface area contributed by atoms with Crippen LogP contribution in [-0.2, 0) is 0 Å². The largest absolute Gasteiger partial charge is 0.218 e. The van der Waals surface area contributed by atoms with Crippen molar-refractivity contribution in [2.24, 2.45) is 0 Å². The standard InChI is InChI=1S/C19H12N4/c20-13-16-11-18(15-9-5-2-6-10-15)23-19(21-16)12-17(22-23)14-7-3-1-4-8-14/h1-12H. The summed E-state index contributed by atoms with van der Waals surface area (Å²) in [5.74, 6) is 0. The molecule has 4 heteroatoms. The number of aromatic nitrogens is 3. The van der Waals surface area contributed by atoms with Crippen molar-refractivity contribution in [3.8, 4) is 28.6 Å². The van der Waals surface area contributed by atoms with Crippen LogP contribution in [0.4, 0.5) is 0 Å². The molecule has 0 fully saturated rings. The van der Waals surface area contributed by atoms with E-state index < -0.39 is 0 Å². The molecule has 23 heavy (non-hydrogen) atoms. The van der Waals surface area contributed by atoms with Gasteiger partial charge in [0, 0.05) is 23.3 Å². The molecule has 108 valence electrons. The number of hydrogen-bond acceptors (Lipinski definition) is 3. The number of rotatable bonds is 2. The third-order valence-electron chi connectivity index (χ3n) is 3.68. The first-order valence-corrected chi connectivity index (χ1v) is 7.27. The van der Waals surface area contributed by atoms with E-state index in [0.717, 1.165) is 22.5 Å². The van der Waals surface area contributed by atoms with Gasteiger partial charge in [0.25, 0.3) is 0 Å². The molecule has 0 bridgehead atoms. The van der Waals surface area contributed by atoms with Crippen LogP contribution in [0.3, 0.4) is 0 Å². The molecule has 0 unspecified atom stereocenters. The van der Waals surface area contributed by atoms with Crippen molar-refractivity contribution in [3.05, 3.63) is 78.5 Å². The van der Waals surface area contributed by atoms with Crippen LogP contribution in [0.5, 0.6) is 0 Å². The van der Waals surface area contributed by atoms with E-state index in [4.69, 9.17) is 0 Å². The third-order valence-corrected chi connectivity index (χ3v) is 3.68. The van der Waals surface area contributed by atoms with Crippen molar-refractivity contribution in [2.75, 3.05) is 0 Å². The van der Waals surface area contributed by atoms with Gasteiger partial charge in [-0.3, -0.25) is 0 Å². The topological polar surface area (TPSA) is 54.0 Å². The van der Waals surface area contributed by atoms with Gasteiger partial charge in [0.05, 0.1) is 11.4 Å². The summed E-state index contributed by atoms with van der Waals surface area (Å²) in [6.45, 7) is 0. The van der Waals surface area contributed by atoms with Gasteiger partial charge in [-0.2, -0.15) is 10.4 Å². The lowest BCUT2D eigenvalue weighted by molar-refractivity contribution is 0.948. The maximum atomic E-state index is 9.25. The highest BCUT2D eigenvalue weighted by Gasteiger charge is 2.12. The fourth-order valence-corrected chi connectivity index (χ4v) is 2.60. The van der Waals surface area contributed by atoms with E-state index in [-0.39, 0.29) is 0 Å². The van der Waals surface area contributed by atoms with Crippen molar-refractivity contribution in [2.45, 2.75) is 0 Å². The maximum Gasteiger partial charge on any atom is 0.157 e. The fraction of sp³-hybridized carbons (Fsp3) is 0. The highest BCUT2D eigenvalue weighted by atomic mass is 15.3. The second-order valence-electron chi connectivity index (χ2n) is 5.17. The Kier molecular flexibility index (Phi) is 3.10. The number of benzene rings is 2. The summed E-state index contributed by atoms with van der Waals surface area (Å²) in [5, 5.41) is 13.9. The number of nitrogens with zero attached hydrogens (tertiary/aromatic N) is 4. The summed E-state index contributed by atoms with van der Waals surface area (Å²) in [4.78, 5) is 4.37. The van der Waals surface area contributed by atoms with Crippen molar-refractivity contribution >= 4 is 5.65 Å². The molecule has 4 aromatic rings. The second-order valence-corrected chi connectivity index (χ2v) is 5.17. The summed E-state index contributed by atoms with van der Waals surface area (Å²) in [6, 6.07) is 25.6. The molecule has 0 aliphatic rings. The number of nitriles is 1. The molecule has 2 aromatic carbocycles. The van der Waals surface area contributed by atoms with Crippen molar-refractivity contribution in [1.29, 1.82) is 5.26 Å². The molecule has 0 aliphatic carbocycles. The molecule has 4 nitrogen and oxygen atoms in total. The van der Waals surface area contributed by atoms with Gasteiger partial charge in [-0.25, -0.2) is 9.50 Å². The van der Waals surface area contributed by atoms with E-state index in [1.165, 1.54) is 0 Å². The van der Waals surface area contributed by atoms with E-state index >= 15 is 0 Å². The molecule has 0 spiro atoms. The van der Waals surface area contributed by atoms with Gasteiger partial charge in [-0.1, -0.05) is 60.7 Å². The lowest BCUT2D eigenvalue weighted by Crippen LogP contribution is -1.98. The Morgan fingerprint density at radius 2 is 1.48 bits per heavy atom. The Morgan fingerprint density at radius 3 is 2.13 bits per heavy atom. The van der Waals surface area contributed by atoms with Crippen molar-refractivity contribution in [1.82, 2.24) is 14.6 Å². The minimum absolute atomic E-state index is 0.385. The van der Waals surface area contributed by atoms with Gasteiger partial charge in [0.1, 0.15) is 11.8 Å². The van der Waals surface area contributed by atoms with Crippen molar-refractivity contribution < 1.29 is 0 Å². The molecule has 0 atom stereocenters. The average molecular weight is 296 g/mol. The normalized spacial score (nSPS) is 10.6. The Hall–Kier alpha value is -3.45. The Morgan fingerprint density at radius 1 is 0.826 bits per heavy atom. The van der Waals surface area contributed by atoms with Crippen molar-refractivity contribution in [3.63, 3.8) is 0 Å². The monoisotopic (exact) mass is 296 g/mol. The second kappa shape index (κ2) is 5.39.